The molecule has 0 aliphatic heterocycles. The molecule has 0 saturated carbocycles. The molecule has 0 fully saturated rings. The first kappa shape index (κ1) is 9.07. The van der Waals surface area contributed by atoms with Gasteiger partial charge in [-0.25, -0.2) is 0 Å². The second kappa shape index (κ2) is 4.78. The third-order valence-electron chi connectivity index (χ3n) is 1.60. The van der Waals surface area contributed by atoms with E-state index in [0.29, 0.717) is 6.61 Å². The molecule has 1 aromatic rings. The third kappa shape index (κ3) is 2.24. The Morgan fingerprint density at radius 2 is 2.08 bits per heavy atom. The Hall–Kier alpha value is -1.02. The van der Waals surface area contributed by atoms with Gasteiger partial charge in [-0.1, -0.05) is 25.1 Å². The van der Waals surface area contributed by atoms with Crippen LogP contribution in [0.4, 0.5) is 0 Å². The Kier molecular flexibility index (Phi) is 3.61. The van der Waals surface area contributed by atoms with Crippen LogP contribution in [-0.4, -0.2) is 11.7 Å². The third-order valence-corrected chi connectivity index (χ3v) is 1.60. The molecule has 1 N–H and O–H groups in total. The molecule has 0 atom stereocenters. The molecular formula is C10H14O2. The summed E-state index contributed by atoms with van der Waals surface area (Å²) in [6.45, 7) is 2.80. The van der Waals surface area contributed by atoms with Crippen LogP contribution in [0.25, 0.3) is 0 Å². The molecular weight excluding hydrogens is 152 g/mol. The first-order valence-corrected chi connectivity index (χ1v) is 4.20. The highest BCUT2D eigenvalue weighted by Gasteiger charge is 1.99. The first-order valence-electron chi connectivity index (χ1n) is 4.20. The van der Waals surface area contributed by atoms with E-state index in [1.165, 1.54) is 0 Å². The van der Waals surface area contributed by atoms with E-state index in [4.69, 9.17) is 9.84 Å². The van der Waals surface area contributed by atoms with Gasteiger partial charge in [-0.15, -0.1) is 0 Å². The Morgan fingerprint density at radius 3 is 2.75 bits per heavy atom. The zero-order chi connectivity index (χ0) is 8.81. The first-order chi connectivity index (χ1) is 5.88. The fourth-order valence-electron chi connectivity index (χ4n) is 0.987. The van der Waals surface area contributed by atoms with Gasteiger partial charge in [0.15, 0.2) is 0 Å². The van der Waals surface area contributed by atoms with Gasteiger partial charge in [-0.05, 0) is 12.5 Å². The normalized spacial score (nSPS) is 9.83. The standard InChI is InChI=1S/C10H14O2/c1-2-7-12-10-6-4-3-5-9(10)8-11/h3-6,11H,2,7-8H2,1H3. The number of benzene rings is 1. The summed E-state index contributed by atoms with van der Waals surface area (Å²) in [7, 11) is 0. The van der Waals surface area contributed by atoms with Crippen molar-refractivity contribution in [1.82, 2.24) is 0 Å². The van der Waals surface area contributed by atoms with Gasteiger partial charge in [0.1, 0.15) is 5.75 Å². The minimum atomic E-state index is 0.0416. The van der Waals surface area contributed by atoms with E-state index in [9.17, 15) is 0 Å². The highest BCUT2D eigenvalue weighted by molar-refractivity contribution is 5.32. The summed E-state index contributed by atoms with van der Waals surface area (Å²) < 4.78 is 5.42. The van der Waals surface area contributed by atoms with E-state index in [0.717, 1.165) is 17.7 Å². The molecule has 12 heavy (non-hydrogen) atoms. The highest BCUT2D eigenvalue weighted by Crippen LogP contribution is 2.17. The van der Waals surface area contributed by atoms with E-state index in [1.54, 1.807) is 0 Å². The van der Waals surface area contributed by atoms with E-state index in [2.05, 4.69) is 6.92 Å². The van der Waals surface area contributed by atoms with Crippen LogP contribution < -0.4 is 4.74 Å². The molecule has 0 aliphatic rings. The van der Waals surface area contributed by atoms with Crippen molar-refractivity contribution in [3.8, 4) is 5.75 Å². The van der Waals surface area contributed by atoms with Crippen molar-refractivity contribution in [2.75, 3.05) is 6.61 Å². The average Bonchev–Trinajstić information content (AvgIpc) is 2.15. The van der Waals surface area contributed by atoms with Crippen molar-refractivity contribution in [1.29, 1.82) is 0 Å². The number of ether oxygens (including phenoxy) is 1. The SMILES string of the molecule is CCCOc1ccccc1CO. The van der Waals surface area contributed by atoms with E-state index < -0.39 is 0 Å². The lowest BCUT2D eigenvalue weighted by Gasteiger charge is -2.07. The van der Waals surface area contributed by atoms with Crippen LogP contribution in [0.5, 0.6) is 5.75 Å². The lowest BCUT2D eigenvalue weighted by molar-refractivity contribution is 0.263. The van der Waals surface area contributed by atoms with Gasteiger partial charge in [-0.3, -0.25) is 0 Å². The maximum atomic E-state index is 8.94. The Bertz CT molecular complexity index is 233. The molecule has 1 aromatic carbocycles. The maximum Gasteiger partial charge on any atom is 0.124 e. The lowest BCUT2D eigenvalue weighted by atomic mass is 10.2. The summed E-state index contributed by atoms with van der Waals surface area (Å²) in [5, 5.41) is 8.94. The van der Waals surface area contributed by atoms with Gasteiger partial charge in [0, 0.05) is 5.56 Å². The molecule has 0 saturated heterocycles. The molecule has 2 nitrogen and oxygen atoms in total. The van der Waals surface area contributed by atoms with E-state index in [-0.39, 0.29) is 6.61 Å². The maximum absolute atomic E-state index is 8.94. The number of aliphatic hydroxyl groups excluding tert-OH is 1. The smallest absolute Gasteiger partial charge is 0.124 e. The molecule has 0 aliphatic carbocycles. The Balaban J connectivity index is 2.68. The van der Waals surface area contributed by atoms with Gasteiger partial charge in [0.2, 0.25) is 0 Å². The van der Waals surface area contributed by atoms with Crippen molar-refractivity contribution < 1.29 is 9.84 Å². The molecule has 0 unspecified atom stereocenters. The quantitative estimate of drug-likeness (QED) is 0.741. The van der Waals surface area contributed by atoms with Crippen molar-refractivity contribution in [3.63, 3.8) is 0 Å². The molecule has 0 spiro atoms. The van der Waals surface area contributed by atoms with Crippen LogP contribution in [-0.2, 0) is 6.61 Å². The largest absolute Gasteiger partial charge is 0.493 e. The fraction of sp³-hybridized carbons (Fsp3) is 0.400. The Labute approximate surface area is 72.8 Å². The monoisotopic (exact) mass is 166 g/mol. The zero-order valence-corrected chi connectivity index (χ0v) is 7.29. The number of para-hydroxylation sites is 1. The predicted molar refractivity (Wildman–Crippen MR) is 48.2 cm³/mol. The minimum Gasteiger partial charge on any atom is -0.493 e. The topological polar surface area (TPSA) is 29.5 Å². The van der Waals surface area contributed by atoms with Gasteiger partial charge < -0.3 is 9.84 Å². The van der Waals surface area contributed by atoms with Gasteiger partial charge in [0.25, 0.3) is 0 Å². The Morgan fingerprint density at radius 1 is 1.33 bits per heavy atom. The van der Waals surface area contributed by atoms with Gasteiger partial charge in [0.05, 0.1) is 13.2 Å². The summed E-state index contributed by atoms with van der Waals surface area (Å²) >= 11 is 0. The van der Waals surface area contributed by atoms with Crippen molar-refractivity contribution >= 4 is 0 Å². The van der Waals surface area contributed by atoms with Crippen molar-refractivity contribution in [2.45, 2.75) is 20.0 Å². The van der Waals surface area contributed by atoms with Crippen LogP contribution in [0.15, 0.2) is 24.3 Å². The second-order valence-electron chi connectivity index (χ2n) is 2.61. The zero-order valence-electron chi connectivity index (χ0n) is 7.29. The molecule has 66 valence electrons. The van der Waals surface area contributed by atoms with Crippen LogP contribution in [0, 0.1) is 0 Å². The molecule has 0 bridgehead atoms. The molecule has 0 amide bonds. The number of rotatable bonds is 4. The summed E-state index contributed by atoms with van der Waals surface area (Å²) in [4.78, 5) is 0. The van der Waals surface area contributed by atoms with Gasteiger partial charge in [-0.2, -0.15) is 0 Å². The van der Waals surface area contributed by atoms with Crippen LogP contribution in [0.1, 0.15) is 18.9 Å². The van der Waals surface area contributed by atoms with Crippen LogP contribution >= 0.6 is 0 Å². The summed E-state index contributed by atoms with van der Waals surface area (Å²) in [6, 6.07) is 7.54. The molecule has 1 rings (SSSR count). The van der Waals surface area contributed by atoms with Crippen molar-refractivity contribution in [2.24, 2.45) is 0 Å². The fourth-order valence-corrected chi connectivity index (χ4v) is 0.987. The lowest BCUT2D eigenvalue weighted by Crippen LogP contribution is -1.98. The van der Waals surface area contributed by atoms with Gasteiger partial charge >= 0.3 is 0 Å². The highest BCUT2D eigenvalue weighted by atomic mass is 16.5. The molecule has 0 radical (unpaired) electrons. The van der Waals surface area contributed by atoms with Crippen molar-refractivity contribution in [3.05, 3.63) is 29.8 Å². The number of hydrogen-bond acceptors (Lipinski definition) is 2. The average molecular weight is 166 g/mol. The molecule has 0 aromatic heterocycles. The minimum absolute atomic E-state index is 0.0416. The summed E-state index contributed by atoms with van der Waals surface area (Å²) in [5.41, 5.74) is 0.853. The predicted octanol–water partition coefficient (Wildman–Crippen LogP) is 1.97. The van der Waals surface area contributed by atoms with E-state index >= 15 is 0 Å². The van der Waals surface area contributed by atoms with E-state index in [1.807, 2.05) is 24.3 Å². The number of aliphatic hydroxyl groups is 1. The number of hydrogen-bond donors (Lipinski definition) is 1. The summed E-state index contributed by atoms with van der Waals surface area (Å²) in [5.74, 6) is 0.793. The molecule has 2 heteroatoms. The van der Waals surface area contributed by atoms with Crippen LogP contribution in [0.2, 0.25) is 0 Å². The van der Waals surface area contributed by atoms with Crippen LogP contribution in [0.3, 0.4) is 0 Å². The molecule has 0 heterocycles. The second-order valence-corrected chi connectivity index (χ2v) is 2.61. The summed E-state index contributed by atoms with van der Waals surface area (Å²) in [6.07, 6.45) is 0.986.